The van der Waals surface area contributed by atoms with Crippen molar-refractivity contribution in [2.45, 2.75) is 57.1 Å². The van der Waals surface area contributed by atoms with Crippen LogP contribution in [0.3, 0.4) is 0 Å². The summed E-state index contributed by atoms with van der Waals surface area (Å²) in [7, 11) is 0. The molecule has 1 saturated heterocycles. The highest BCUT2D eigenvalue weighted by molar-refractivity contribution is 5.81. The molecule has 1 heterocycles. The van der Waals surface area contributed by atoms with Gasteiger partial charge in [-0.1, -0.05) is 19.3 Å². The molecule has 1 amide bonds. The summed E-state index contributed by atoms with van der Waals surface area (Å²) in [6, 6.07) is 2.38. The van der Waals surface area contributed by atoms with E-state index in [0.29, 0.717) is 6.61 Å². The molecule has 0 aromatic heterocycles. The molecule has 1 aliphatic heterocycles. The van der Waals surface area contributed by atoms with Gasteiger partial charge in [0.05, 0.1) is 6.07 Å². The molecule has 1 aliphatic carbocycles. The van der Waals surface area contributed by atoms with Gasteiger partial charge in [0.25, 0.3) is 5.91 Å². The van der Waals surface area contributed by atoms with Gasteiger partial charge in [-0.2, -0.15) is 5.26 Å². The molecule has 1 unspecified atom stereocenters. The molecule has 0 radical (unpaired) electrons. The second kappa shape index (κ2) is 6.02. The van der Waals surface area contributed by atoms with Crippen LogP contribution in [0.15, 0.2) is 0 Å². The number of nitriles is 1. The van der Waals surface area contributed by atoms with E-state index in [1.54, 1.807) is 4.90 Å². The summed E-state index contributed by atoms with van der Waals surface area (Å²) in [5, 5.41) is 8.87. The Labute approximate surface area is 103 Å². The van der Waals surface area contributed by atoms with Crippen LogP contribution in [0.4, 0.5) is 0 Å². The summed E-state index contributed by atoms with van der Waals surface area (Å²) < 4.78 is 5.43. The van der Waals surface area contributed by atoms with E-state index in [0.717, 1.165) is 25.7 Å². The van der Waals surface area contributed by atoms with Gasteiger partial charge in [-0.25, -0.2) is 0 Å². The number of nitrogens with zero attached hydrogens (tertiary/aromatic N) is 2. The van der Waals surface area contributed by atoms with Gasteiger partial charge in [-0.05, 0) is 25.7 Å². The van der Waals surface area contributed by atoms with Crippen molar-refractivity contribution in [1.82, 2.24) is 4.90 Å². The number of rotatable bonds is 3. The van der Waals surface area contributed by atoms with Crippen LogP contribution in [0.25, 0.3) is 0 Å². The third kappa shape index (κ3) is 2.98. The Morgan fingerprint density at radius 2 is 2.00 bits per heavy atom. The van der Waals surface area contributed by atoms with Crippen LogP contribution < -0.4 is 0 Å². The SMILES string of the molecule is N#CCN(C(=O)C1CCCO1)C1CCCCC1. The zero-order chi connectivity index (χ0) is 12.1. The van der Waals surface area contributed by atoms with Crippen molar-refractivity contribution in [3.05, 3.63) is 0 Å². The fourth-order valence-corrected chi connectivity index (χ4v) is 2.81. The first kappa shape index (κ1) is 12.4. The van der Waals surface area contributed by atoms with Gasteiger partial charge in [0, 0.05) is 12.6 Å². The third-order valence-electron chi connectivity index (χ3n) is 3.74. The molecule has 2 rings (SSSR count). The molecule has 0 aromatic rings. The van der Waals surface area contributed by atoms with Crippen molar-refractivity contribution >= 4 is 5.91 Å². The molecule has 4 nitrogen and oxygen atoms in total. The number of carbonyl (C=O) groups is 1. The highest BCUT2D eigenvalue weighted by Crippen LogP contribution is 2.25. The Bertz CT molecular complexity index is 299. The van der Waals surface area contributed by atoms with Crippen LogP contribution in [0.5, 0.6) is 0 Å². The highest BCUT2D eigenvalue weighted by atomic mass is 16.5. The van der Waals surface area contributed by atoms with Gasteiger partial charge >= 0.3 is 0 Å². The van der Waals surface area contributed by atoms with E-state index < -0.39 is 0 Å². The van der Waals surface area contributed by atoms with Crippen molar-refractivity contribution < 1.29 is 9.53 Å². The van der Waals surface area contributed by atoms with Crippen LogP contribution in [-0.4, -0.2) is 36.1 Å². The van der Waals surface area contributed by atoms with E-state index in [9.17, 15) is 4.79 Å². The molecule has 2 fully saturated rings. The predicted molar refractivity (Wildman–Crippen MR) is 63.2 cm³/mol. The van der Waals surface area contributed by atoms with Crippen molar-refractivity contribution in [1.29, 1.82) is 5.26 Å². The first-order valence-corrected chi connectivity index (χ1v) is 6.62. The van der Waals surface area contributed by atoms with Crippen molar-refractivity contribution in [3.63, 3.8) is 0 Å². The standard InChI is InChI=1S/C13H20N2O2/c14-8-9-15(11-5-2-1-3-6-11)13(16)12-7-4-10-17-12/h11-12H,1-7,9-10H2. The Balaban J connectivity index is 1.99. The van der Waals surface area contributed by atoms with Crippen LogP contribution in [-0.2, 0) is 9.53 Å². The fourth-order valence-electron chi connectivity index (χ4n) is 2.81. The lowest BCUT2D eigenvalue weighted by Gasteiger charge is -2.34. The summed E-state index contributed by atoms with van der Waals surface area (Å²) in [5.41, 5.74) is 0. The quantitative estimate of drug-likeness (QED) is 0.703. The number of amides is 1. The second-order valence-corrected chi connectivity index (χ2v) is 4.92. The van der Waals surface area contributed by atoms with Gasteiger partial charge in [-0.15, -0.1) is 0 Å². The topological polar surface area (TPSA) is 53.3 Å². The molecule has 1 saturated carbocycles. The largest absolute Gasteiger partial charge is 0.368 e. The summed E-state index contributed by atoms with van der Waals surface area (Å²) in [6.45, 7) is 0.894. The minimum Gasteiger partial charge on any atom is -0.368 e. The first-order chi connectivity index (χ1) is 8.33. The molecule has 17 heavy (non-hydrogen) atoms. The molecule has 2 aliphatic rings. The lowest BCUT2D eigenvalue weighted by molar-refractivity contribution is -0.143. The minimum atomic E-state index is -0.287. The Kier molecular flexibility index (Phi) is 4.38. The van der Waals surface area contributed by atoms with E-state index in [1.807, 2.05) is 0 Å². The third-order valence-corrected chi connectivity index (χ3v) is 3.74. The van der Waals surface area contributed by atoms with E-state index in [2.05, 4.69) is 6.07 Å². The van der Waals surface area contributed by atoms with Gasteiger partial charge in [0.1, 0.15) is 12.6 Å². The summed E-state index contributed by atoms with van der Waals surface area (Å²) in [5.74, 6) is 0.0379. The summed E-state index contributed by atoms with van der Waals surface area (Å²) >= 11 is 0. The van der Waals surface area contributed by atoms with Crippen LogP contribution >= 0.6 is 0 Å². The maximum atomic E-state index is 12.3. The Morgan fingerprint density at radius 3 is 2.59 bits per heavy atom. The number of carbonyl (C=O) groups excluding carboxylic acids is 1. The van der Waals surface area contributed by atoms with E-state index in [-0.39, 0.29) is 24.6 Å². The van der Waals surface area contributed by atoms with Crippen LogP contribution in [0.1, 0.15) is 44.9 Å². The highest BCUT2D eigenvalue weighted by Gasteiger charge is 2.32. The summed E-state index contributed by atoms with van der Waals surface area (Å²) in [4.78, 5) is 14.0. The maximum absolute atomic E-state index is 12.3. The molecule has 0 spiro atoms. The van der Waals surface area contributed by atoms with Gasteiger partial charge in [0.15, 0.2) is 0 Å². The average molecular weight is 236 g/mol. The Hall–Kier alpha value is -1.08. The van der Waals surface area contributed by atoms with E-state index in [4.69, 9.17) is 10.00 Å². The molecular weight excluding hydrogens is 216 g/mol. The molecule has 1 atom stereocenters. The number of hydrogen-bond acceptors (Lipinski definition) is 3. The average Bonchev–Trinajstić information content (AvgIpc) is 2.90. The van der Waals surface area contributed by atoms with Crippen molar-refractivity contribution in [2.24, 2.45) is 0 Å². The van der Waals surface area contributed by atoms with Gasteiger partial charge in [0.2, 0.25) is 0 Å². The smallest absolute Gasteiger partial charge is 0.252 e. The monoisotopic (exact) mass is 236 g/mol. The minimum absolute atomic E-state index is 0.0379. The molecule has 4 heteroatoms. The first-order valence-electron chi connectivity index (χ1n) is 6.62. The number of ether oxygens (including phenoxy) is 1. The fraction of sp³-hybridized carbons (Fsp3) is 0.846. The molecule has 94 valence electrons. The zero-order valence-electron chi connectivity index (χ0n) is 10.2. The Morgan fingerprint density at radius 1 is 1.24 bits per heavy atom. The molecule has 0 aromatic carbocycles. The van der Waals surface area contributed by atoms with Gasteiger partial charge < -0.3 is 9.64 Å². The van der Waals surface area contributed by atoms with E-state index in [1.165, 1.54) is 19.3 Å². The van der Waals surface area contributed by atoms with Crippen LogP contribution in [0.2, 0.25) is 0 Å². The predicted octanol–water partition coefficient (Wildman–Crippen LogP) is 1.85. The lowest BCUT2D eigenvalue weighted by atomic mass is 9.93. The lowest BCUT2D eigenvalue weighted by Crippen LogP contribution is -2.46. The maximum Gasteiger partial charge on any atom is 0.252 e. The molecule has 0 bridgehead atoms. The number of hydrogen-bond donors (Lipinski definition) is 0. The molecule has 0 N–H and O–H groups in total. The summed E-state index contributed by atoms with van der Waals surface area (Å²) in [6.07, 6.45) is 7.17. The van der Waals surface area contributed by atoms with Crippen molar-refractivity contribution in [3.8, 4) is 6.07 Å². The van der Waals surface area contributed by atoms with Crippen LogP contribution in [0, 0.1) is 11.3 Å². The van der Waals surface area contributed by atoms with Gasteiger partial charge in [-0.3, -0.25) is 4.79 Å². The zero-order valence-corrected chi connectivity index (χ0v) is 10.2. The van der Waals surface area contributed by atoms with Crippen molar-refractivity contribution in [2.75, 3.05) is 13.2 Å². The molecular formula is C13H20N2O2. The second-order valence-electron chi connectivity index (χ2n) is 4.92. The van der Waals surface area contributed by atoms with E-state index >= 15 is 0 Å². The normalized spacial score (nSPS) is 25.5.